The normalized spacial score (nSPS) is 12.3. The molecule has 1 heterocycles. The molecule has 0 saturated carbocycles. The van der Waals surface area contributed by atoms with Gasteiger partial charge in [0.2, 0.25) is 0 Å². The lowest BCUT2D eigenvalue weighted by Crippen LogP contribution is -2.25. The zero-order valence-corrected chi connectivity index (χ0v) is 16.3. The lowest BCUT2D eigenvalue weighted by Gasteiger charge is -2.12. The molecule has 1 atom stereocenters. The molecule has 3 aromatic rings. The number of furan rings is 1. The molecule has 1 N–H and O–H groups in total. The lowest BCUT2D eigenvalue weighted by molar-refractivity contribution is 0.449. The fourth-order valence-electron chi connectivity index (χ4n) is 2.93. The van der Waals surface area contributed by atoms with Crippen molar-refractivity contribution in [2.75, 3.05) is 0 Å². The Labute approximate surface area is 158 Å². The van der Waals surface area contributed by atoms with E-state index in [1.54, 1.807) is 0 Å². The van der Waals surface area contributed by atoms with Gasteiger partial charge in [-0.05, 0) is 68.1 Å². The zero-order valence-electron chi connectivity index (χ0n) is 14.8. The van der Waals surface area contributed by atoms with Crippen LogP contribution in [-0.4, -0.2) is 6.04 Å². The minimum Gasteiger partial charge on any atom is -0.460 e. The summed E-state index contributed by atoms with van der Waals surface area (Å²) >= 11 is 3.51. The maximum absolute atomic E-state index is 6.03. The fraction of sp³-hybridized carbons (Fsp3) is 0.273. The van der Waals surface area contributed by atoms with Gasteiger partial charge in [0.05, 0.1) is 6.54 Å². The molecule has 0 aliphatic heterocycles. The lowest BCUT2D eigenvalue weighted by atomic mass is 10.1. The Morgan fingerprint density at radius 1 is 1.04 bits per heavy atom. The van der Waals surface area contributed by atoms with Crippen LogP contribution in [0.3, 0.4) is 0 Å². The van der Waals surface area contributed by atoms with Gasteiger partial charge in [-0.1, -0.05) is 46.3 Å². The standard InChI is InChI=1S/C22H24BrNO/c1-16-14-19(23)10-12-21(16)22-13-11-20(25-22)15-24-17(2)8-9-18-6-4-3-5-7-18/h3-7,10-14,17,24H,8-9,15H2,1-2H3/t17-/m0/s1. The van der Waals surface area contributed by atoms with Gasteiger partial charge in [0.25, 0.3) is 0 Å². The number of benzene rings is 2. The van der Waals surface area contributed by atoms with Crippen molar-refractivity contribution in [3.8, 4) is 11.3 Å². The summed E-state index contributed by atoms with van der Waals surface area (Å²) in [6.45, 7) is 5.09. The van der Waals surface area contributed by atoms with Crippen molar-refractivity contribution in [2.45, 2.75) is 39.3 Å². The second kappa shape index (κ2) is 8.50. The Hall–Kier alpha value is -1.84. The van der Waals surface area contributed by atoms with Crippen molar-refractivity contribution in [3.05, 3.63) is 82.0 Å². The van der Waals surface area contributed by atoms with Gasteiger partial charge in [-0.2, -0.15) is 0 Å². The maximum atomic E-state index is 6.03. The molecule has 2 aromatic carbocycles. The third-order valence-electron chi connectivity index (χ3n) is 4.45. The SMILES string of the molecule is Cc1cc(Br)ccc1-c1ccc(CN[C@@H](C)CCc2ccccc2)o1. The van der Waals surface area contributed by atoms with Crippen molar-refractivity contribution in [1.82, 2.24) is 5.32 Å². The third kappa shape index (κ3) is 5.07. The molecule has 0 unspecified atom stereocenters. The molecule has 0 fully saturated rings. The van der Waals surface area contributed by atoms with Gasteiger partial charge in [-0.15, -0.1) is 0 Å². The number of nitrogens with one attached hydrogen (secondary N) is 1. The second-order valence-corrected chi connectivity index (χ2v) is 7.45. The van der Waals surface area contributed by atoms with Crippen LogP contribution in [0.2, 0.25) is 0 Å². The summed E-state index contributed by atoms with van der Waals surface area (Å²) in [5.41, 5.74) is 3.74. The largest absolute Gasteiger partial charge is 0.460 e. The first kappa shape index (κ1) is 18.0. The van der Waals surface area contributed by atoms with E-state index in [1.807, 2.05) is 0 Å². The van der Waals surface area contributed by atoms with Crippen LogP contribution in [0.4, 0.5) is 0 Å². The maximum Gasteiger partial charge on any atom is 0.134 e. The highest BCUT2D eigenvalue weighted by atomic mass is 79.9. The molecule has 0 saturated heterocycles. The topological polar surface area (TPSA) is 25.2 Å². The van der Waals surface area contributed by atoms with E-state index in [-0.39, 0.29) is 0 Å². The van der Waals surface area contributed by atoms with Crippen molar-refractivity contribution in [2.24, 2.45) is 0 Å². The van der Waals surface area contributed by atoms with Crippen molar-refractivity contribution < 1.29 is 4.42 Å². The van der Waals surface area contributed by atoms with Crippen LogP contribution in [0, 0.1) is 6.92 Å². The molecule has 1 aromatic heterocycles. The first-order valence-electron chi connectivity index (χ1n) is 8.74. The average molecular weight is 398 g/mol. The van der Waals surface area contributed by atoms with E-state index in [0.717, 1.165) is 40.9 Å². The fourth-order valence-corrected chi connectivity index (χ4v) is 3.40. The average Bonchev–Trinajstić information content (AvgIpc) is 3.08. The van der Waals surface area contributed by atoms with Crippen LogP contribution >= 0.6 is 15.9 Å². The summed E-state index contributed by atoms with van der Waals surface area (Å²) in [7, 11) is 0. The molecule has 0 aliphatic carbocycles. The third-order valence-corrected chi connectivity index (χ3v) is 4.94. The van der Waals surface area contributed by atoms with Crippen LogP contribution in [0.15, 0.2) is 69.6 Å². The van der Waals surface area contributed by atoms with Gasteiger partial charge < -0.3 is 9.73 Å². The molecular weight excluding hydrogens is 374 g/mol. The van der Waals surface area contributed by atoms with Crippen LogP contribution in [0.1, 0.15) is 30.2 Å². The number of rotatable bonds is 7. The number of hydrogen-bond acceptors (Lipinski definition) is 2. The van der Waals surface area contributed by atoms with Gasteiger partial charge >= 0.3 is 0 Å². The van der Waals surface area contributed by atoms with Gasteiger partial charge in [-0.3, -0.25) is 0 Å². The summed E-state index contributed by atoms with van der Waals surface area (Å²) in [5.74, 6) is 1.91. The molecule has 0 spiro atoms. The summed E-state index contributed by atoms with van der Waals surface area (Å²) < 4.78 is 7.12. The highest BCUT2D eigenvalue weighted by Crippen LogP contribution is 2.27. The molecular formula is C22H24BrNO. The Morgan fingerprint density at radius 2 is 1.84 bits per heavy atom. The van der Waals surface area contributed by atoms with Crippen molar-refractivity contribution in [3.63, 3.8) is 0 Å². The Morgan fingerprint density at radius 3 is 2.60 bits per heavy atom. The van der Waals surface area contributed by atoms with Gasteiger partial charge in [-0.25, -0.2) is 0 Å². The van der Waals surface area contributed by atoms with Crippen LogP contribution in [-0.2, 0) is 13.0 Å². The van der Waals surface area contributed by atoms with Gasteiger partial charge in [0, 0.05) is 16.1 Å². The van der Waals surface area contributed by atoms with Gasteiger partial charge in [0.15, 0.2) is 0 Å². The highest BCUT2D eigenvalue weighted by molar-refractivity contribution is 9.10. The Balaban J connectivity index is 1.53. The van der Waals surface area contributed by atoms with Crippen LogP contribution in [0.25, 0.3) is 11.3 Å². The van der Waals surface area contributed by atoms with E-state index in [2.05, 4.69) is 95.8 Å². The van der Waals surface area contributed by atoms with E-state index in [1.165, 1.54) is 11.1 Å². The highest BCUT2D eigenvalue weighted by Gasteiger charge is 2.09. The van der Waals surface area contributed by atoms with Crippen LogP contribution in [0.5, 0.6) is 0 Å². The molecule has 2 nitrogen and oxygen atoms in total. The van der Waals surface area contributed by atoms with E-state index in [0.29, 0.717) is 6.04 Å². The summed E-state index contributed by atoms with van der Waals surface area (Å²) in [6, 6.07) is 21.5. The van der Waals surface area contributed by atoms with E-state index in [9.17, 15) is 0 Å². The minimum absolute atomic E-state index is 0.447. The van der Waals surface area contributed by atoms with E-state index < -0.39 is 0 Å². The van der Waals surface area contributed by atoms with Crippen molar-refractivity contribution >= 4 is 15.9 Å². The molecule has 3 heteroatoms. The Bertz CT molecular complexity index is 810. The number of aryl methyl sites for hydroxylation is 2. The van der Waals surface area contributed by atoms with Crippen molar-refractivity contribution in [1.29, 1.82) is 0 Å². The predicted octanol–water partition coefficient (Wildman–Crippen LogP) is 6.13. The molecule has 0 aliphatic rings. The molecule has 130 valence electrons. The van der Waals surface area contributed by atoms with E-state index >= 15 is 0 Å². The monoisotopic (exact) mass is 397 g/mol. The first-order valence-corrected chi connectivity index (χ1v) is 9.53. The molecule has 0 amide bonds. The predicted molar refractivity (Wildman–Crippen MR) is 108 cm³/mol. The van der Waals surface area contributed by atoms with Crippen LogP contribution < -0.4 is 5.32 Å². The molecule has 0 radical (unpaired) electrons. The summed E-state index contributed by atoms with van der Waals surface area (Å²) in [4.78, 5) is 0. The van der Waals surface area contributed by atoms with E-state index in [4.69, 9.17) is 4.42 Å². The Kier molecular flexibility index (Phi) is 6.11. The number of halogens is 1. The summed E-state index contributed by atoms with van der Waals surface area (Å²) in [5, 5.41) is 3.56. The second-order valence-electron chi connectivity index (χ2n) is 6.53. The molecule has 3 rings (SSSR count). The first-order chi connectivity index (χ1) is 12.1. The number of hydrogen-bond donors (Lipinski definition) is 1. The molecule has 25 heavy (non-hydrogen) atoms. The minimum atomic E-state index is 0.447. The zero-order chi connectivity index (χ0) is 17.6. The summed E-state index contributed by atoms with van der Waals surface area (Å²) in [6.07, 6.45) is 2.21. The van der Waals surface area contributed by atoms with Gasteiger partial charge in [0.1, 0.15) is 11.5 Å². The smallest absolute Gasteiger partial charge is 0.134 e. The molecule has 0 bridgehead atoms. The quantitative estimate of drug-likeness (QED) is 0.518.